The maximum Gasteiger partial charge on any atom is 0.434 e. The number of rotatable bonds is 7. The van der Waals surface area contributed by atoms with Crippen LogP contribution in [-0.2, 0) is 15.0 Å². The van der Waals surface area contributed by atoms with E-state index in [9.17, 15) is 22.4 Å². The lowest BCUT2D eigenvalue weighted by Gasteiger charge is -2.34. The van der Waals surface area contributed by atoms with Crippen molar-refractivity contribution in [1.29, 1.82) is 0 Å². The highest BCUT2D eigenvalue weighted by Gasteiger charge is 2.37. The number of carbonyl (C=O) groups excluding carboxylic acids is 1. The summed E-state index contributed by atoms with van der Waals surface area (Å²) in [6.07, 6.45) is 0.901. The number of halogens is 1. The number of hydrogen-bond acceptors (Lipinski definition) is 6. The van der Waals surface area contributed by atoms with Crippen molar-refractivity contribution in [3.63, 3.8) is 0 Å². The summed E-state index contributed by atoms with van der Waals surface area (Å²) in [5, 5.41) is 8.94. The monoisotopic (exact) mass is 511 g/mol. The molecular formula is C23H34FN5O5S. The first-order valence-corrected chi connectivity index (χ1v) is 13.0. The minimum absolute atomic E-state index is 0.0880. The Bertz CT molecular complexity index is 1230. The van der Waals surface area contributed by atoms with Crippen molar-refractivity contribution >= 4 is 16.1 Å². The molecule has 12 heteroatoms. The van der Waals surface area contributed by atoms with E-state index in [-0.39, 0.29) is 30.9 Å². The van der Waals surface area contributed by atoms with E-state index in [0.29, 0.717) is 24.0 Å². The van der Waals surface area contributed by atoms with Crippen molar-refractivity contribution in [2.45, 2.75) is 72.4 Å². The Morgan fingerprint density at radius 3 is 2.43 bits per heavy atom. The summed E-state index contributed by atoms with van der Waals surface area (Å²) < 4.78 is 50.4. The van der Waals surface area contributed by atoms with E-state index in [1.165, 1.54) is 10.4 Å². The van der Waals surface area contributed by atoms with Crippen LogP contribution in [0, 0.1) is 25.1 Å². The van der Waals surface area contributed by atoms with E-state index < -0.39 is 39.2 Å². The maximum atomic E-state index is 14.8. The Morgan fingerprint density at radius 2 is 1.89 bits per heavy atom. The fraction of sp³-hybridized carbons (Fsp3) is 0.609. The van der Waals surface area contributed by atoms with Crippen LogP contribution in [0.25, 0.3) is 0 Å². The number of aromatic amines is 1. The average Bonchev–Trinajstić information content (AvgIpc) is 3.20. The van der Waals surface area contributed by atoms with Gasteiger partial charge in [0.05, 0.1) is 0 Å². The van der Waals surface area contributed by atoms with E-state index in [2.05, 4.69) is 20.2 Å². The molecule has 1 fully saturated rings. The molecule has 1 aromatic carbocycles. The molecule has 1 aromatic heterocycles. The van der Waals surface area contributed by atoms with Gasteiger partial charge in [-0.15, -0.1) is 5.10 Å². The number of piperidine rings is 1. The molecular weight excluding hydrogens is 477 g/mol. The molecule has 194 valence electrons. The third-order valence-corrected chi connectivity index (χ3v) is 8.09. The van der Waals surface area contributed by atoms with Crippen LogP contribution in [0.1, 0.15) is 75.1 Å². The Morgan fingerprint density at radius 1 is 1.26 bits per heavy atom. The number of amides is 1. The first-order valence-electron chi connectivity index (χ1n) is 11.6. The topological polar surface area (TPSA) is 137 Å². The number of nitrogens with zero attached hydrogens (tertiary/aromatic N) is 2. The molecule has 0 spiro atoms. The Labute approximate surface area is 204 Å². The average molecular weight is 512 g/mol. The Balaban J connectivity index is 1.82. The normalized spacial score (nSPS) is 17.8. The number of nitrogens with one attached hydrogen (secondary N) is 3. The zero-order chi connectivity index (χ0) is 26.1. The van der Waals surface area contributed by atoms with Crippen LogP contribution in [0.4, 0.5) is 4.39 Å². The van der Waals surface area contributed by atoms with Crippen molar-refractivity contribution in [2.24, 2.45) is 5.41 Å². The van der Waals surface area contributed by atoms with Gasteiger partial charge in [-0.25, -0.2) is 14.3 Å². The second kappa shape index (κ2) is 10.2. The van der Waals surface area contributed by atoms with E-state index >= 15 is 0 Å². The lowest BCUT2D eigenvalue weighted by atomic mass is 9.88. The van der Waals surface area contributed by atoms with Gasteiger partial charge >= 0.3 is 5.76 Å². The minimum Gasteiger partial charge on any atom is -0.391 e. The predicted molar refractivity (Wildman–Crippen MR) is 128 cm³/mol. The van der Waals surface area contributed by atoms with Crippen LogP contribution in [-0.4, -0.2) is 48.0 Å². The molecule has 2 heterocycles. The summed E-state index contributed by atoms with van der Waals surface area (Å²) in [5.41, 5.74) is 1.30. The fourth-order valence-electron chi connectivity index (χ4n) is 4.15. The maximum absolute atomic E-state index is 14.8. The highest BCUT2D eigenvalue weighted by Crippen LogP contribution is 2.35. The molecule has 1 aliphatic heterocycles. The highest BCUT2D eigenvalue weighted by molar-refractivity contribution is 7.87. The molecule has 2 atom stereocenters. The number of aromatic nitrogens is 2. The molecule has 10 nitrogen and oxygen atoms in total. The van der Waals surface area contributed by atoms with Gasteiger partial charge in [-0.3, -0.25) is 4.79 Å². The number of benzene rings is 1. The van der Waals surface area contributed by atoms with Crippen molar-refractivity contribution in [3.05, 3.63) is 51.1 Å². The van der Waals surface area contributed by atoms with Crippen LogP contribution >= 0.6 is 0 Å². The summed E-state index contributed by atoms with van der Waals surface area (Å²) >= 11 is 0. The molecule has 0 saturated carbocycles. The minimum atomic E-state index is -4.06. The van der Waals surface area contributed by atoms with Gasteiger partial charge in [-0.2, -0.15) is 17.4 Å². The van der Waals surface area contributed by atoms with Crippen LogP contribution in [0.5, 0.6) is 0 Å². The molecule has 1 saturated heterocycles. The summed E-state index contributed by atoms with van der Waals surface area (Å²) in [6, 6.07) is 1.72. The van der Waals surface area contributed by atoms with Gasteiger partial charge in [0.15, 0.2) is 0 Å². The zero-order valence-corrected chi connectivity index (χ0v) is 21.8. The third-order valence-electron chi connectivity index (χ3n) is 6.49. The second-order valence-corrected chi connectivity index (χ2v) is 11.8. The smallest absolute Gasteiger partial charge is 0.391 e. The zero-order valence-electron chi connectivity index (χ0n) is 20.9. The van der Waals surface area contributed by atoms with Crippen molar-refractivity contribution in [1.82, 2.24) is 24.5 Å². The van der Waals surface area contributed by atoms with Gasteiger partial charge in [0.1, 0.15) is 11.9 Å². The molecule has 35 heavy (non-hydrogen) atoms. The Kier molecular flexibility index (Phi) is 7.87. The predicted octanol–water partition coefficient (Wildman–Crippen LogP) is 2.42. The summed E-state index contributed by atoms with van der Waals surface area (Å²) in [6.45, 7) is 11.1. The van der Waals surface area contributed by atoms with Crippen LogP contribution in [0.3, 0.4) is 0 Å². The molecule has 0 bridgehead atoms. The van der Waals surface area contributed by atoms with Crippen LogP contribution in [0.2, 0.25) is 0 Å². The van der Waals surface area contributed by atoms with Gasteiger partial charge in [0.2, 0.25) is 11.8 Å². The molecule has 0 radical (unpaired) electrons. The second-order valence-electron chi connectivity index (χ2n) is 10.1. The van der Waals surface area contributed by atoms with Crippen molar-refractivity contribution < 1.29 is 22.0 Å². The standard InChI is InChI=1S/C23H34FN5O5S/c1-13-7-8-17(24)18(14(13)2)15(3)19(20-26-27-22(31)34-20)28-35(32,33)29-11-9-16(10-12-29)25-21(30)23(4,5)6/h7-8,15-16,19,28H,9-12H2,1-6H3,(H,25,30)(H,27,31)/t15?,19-/m0/s1. The van der Waals surface area contributed by atoms with E-state index in [1.807, 2.05) is 27.7 Å². The van der Waals surface area contributed by atoms with Gasteiger partial charge in [0, 0.05) is 30.5 Å². The lowest BCUT2D eigenvalue weighted by Crippen LogP contribution is -2.51. The first kappa shape index (κ1) is 27.0. The number of carbonyl (C=O) groups is 1. The number of H-pyrrole nitrogens is 1. The van der Waals surface area contributed by atoms with Crippen LogP contribution in [0.15, 0.2) is 21.3 Å². The van der Waals surface area contributed by atoms with Gasteiger partial charge in [0.25, 0.3) is 10.2 Å². The highest BCUT2D eigenvalue weighted by atomic mass is 32.2. The quantitative estimate of drug-likeness (QED) is 0.522. The molecule has 3 N–H and O–H groups in total. The fourth-order valence-corrected chi connectivity index (χ4v) is 5.61. The first-order chi connectivity index (χ1) is 16.2. The largest absolute Gasteiger partial charge is 0.434 e. The molecule has 3 rings (SSSR count). The van der Waals surface area contributed by atoms with E-state index in [1.54, 1.807) is 19.9 Å². The van der Waals surface area contributed by atoms with Crippen molar-refractivity contribution in [3.8, 4) is 0 Å². The molecule has 0 aliphatic carbocycles. The molecule has 1 amide bonds. The number of hydrogen-bond donors (Lipinski definition) is 3. The summed E-state index contributed by atoms with van der Waals surface area (Å²) in [7, 11) is -4.06. The molecule has 1 unspecified atom stereocenters. The molecule has 1 aliphatic rings. The van der Waals surface area contributed by atoms with E-state index in [4.69, 9.17) is 4.42 Å². The van der Waals surface area contributed by atoms with Gasteiger partial charge < -0.3 is 9.73 Å². The summed E-state index contributed by atoms with van der Waals surface area (Å²) in [5.74, 6) is -2.33. The Hall–Kier alpha value is -2.57. The van der Waals surface area contributed by atoms with Gasteiger partial charge in [-0.1, -0.05) is 33.8 Å². The van der Waals surface area contributed by atoms with E-state index in [0.717, 1.165) is 5.56 Å². The third kappa shape index (κ3) is 6.17. The SMILES string of the molecule is Cc1ccc(F)c(C(C)[C@H](NS(=O)(=O)N2CCC(NC(=O)C(C)(C)C)CC2)c2n[nH]c(=O)o2)c1C. The van der Waals surface area contributed by atoms with Crippen LogP contribution < -0.4 is 15.8 Å². The summed E-state index contributed by atoms with van der Waals surface area (Å²) in [4.78, 5) is 23.9. The van der Waals surface area contributed by atoms with Gasteiger partial charge in [-0.05, 0) is 49.4 Å². The lowest BCUT2D eigenvalue weighted by molar-refractivity contribution is -0.129. The molecule has 2 aromatic rings. The number of aryl methyl sites for hydroxylation is 1. The van der Waals surface area contributed by atoms with Crippen molar-refractivity contribution in [2.75, 3.05) is 13.1 Å².